The molecule has 0 N–H and O–H groups in total. The van der Waals surface area contributed by atoms with Gasteiger partial charge in [0.2, 0.25) is 0 Å². The van der Waals surface area contributed by atoms with Crippen molar-refractivity contribution >= 4 is 11.9 Å². The van der Waals surface area contributed by atoms with Gasteiger partial charge in [-0.25, -0.2) is 0 Å². The van der Waals surface area contributed by atoms with Crippen LogP contribution in [0.15, 0.2) is 0 Å². The Bertz CT molecular complexity index is 734. The topological polar surface area (TPSA) is 92.8 Å². The summed E-state index contributed by atoms with van der Waals surface area (Å²) in [5, 5.41) is 0. The van der Waals surface area contributed by atoms with Gasteiger partial charge in [0.05, 0.1) is 26.4 Å². The minimum Gasteiger partial charge on any atom is -0.457 e. The van der Waals surface area contributed by atoms with Crippen LogP contribution in [0.3, 0.4) is 0 Å². The molecule has 9 nitrogen and oxygen atoms in total. The van der Waals surface area contributed by atoms with Crippen molar-refractivity contribution in [3.05, 3.63) is 0 Å². The molecule has 0 aromatic rings. The van der Waals surface area contributed by atoms with E-state index in [4.69, 9.17) is 28.4 Å². The highest BCUT2D eigenvalue weighted by Gasteiger charge is 2.17. The van der Waals surface area contributed by atoms with Crippen molar-refractivity contribution in [1.29, 1.82) is 0 Å². The number of nitrogens with zero attached hydrogens (tertiary/aromatic N) is 1. The SMILES string of the molecule is CCCCCCOCC(COCCCCCC)OC(=O)CCCCCCCN(CC)CCCCCCCC(=O)OC(COCCCCCC)COCCCCCC. The Kier molecular flexibility index (Phi) is 44.8. The lowest BCUT2D eigenvalue weighted by Gasteiger charge is -2.20. The lowest BCUT2D eigenvalue weighted by atomic mass is 10.1. The molecule has 0 aromatic carbocycles. The van der Waals surface area contributed by atoms with Gasteiger partial charge in [0.25, 0.3) is 0 Å². The highest BCUT2D eigenvalue weighted by Crippen LogP contribution is 2.12. The second-order valence-electron chi connectivity index (χ2n) is 16.2. The van der Waals surface area contributed by atoms with Crippen LogP contribution in [0.2, 0.25) is 0 Å². The van der Waals surface area contributed by atoms with E-state index < -0.39 is 0 Å². The Morgan fingerprint density at radius 1 is 0.368 bits per heavy atom. The van der Waals surface area contributed by atoms with Gasteiger partial charge in [0.1, 0.15) is 12.2 Å². The summed E-state index contributed by atoms with van der Waals surface area (Å²) < 4.78 is 35.0. The first-order valence-electron chi connectivity index (χ1n) is 24.4. The summed E-state index contributed by atoms with van der Waals surface area (Å²) in [4.78, 5) is 27.8. The third-order valence-electron chi connectivity index (χ3n) is 10.5. The van der Waals surface area contributed by atoms with Crippen molar-refractivity contribution in [3.8, 4) is 0 Å². The molecule has 340 valence electrons. The maximum absolute atomic E-state index is 12.6. The molecular formula is C48H95NO8. The molecule has 0 aromatic heterocycles. The number of unbranched alkanes of at least 4 members (excludes halogenated alkanes) is 20. The number of carbonyl (C=O) groups is 2. The number of ether oxygens (including phenoxy) is 6. The van der Waals surface area contributed by atoms with Gasteiger partial charge in [-0.15, -0.1) is 0 Å². The molecule has 0 fully saturated rings. The van der Waals surface area contributed by atoms with Gasteiger partial charge in [-0.05, 0) is 71.0 Å². The molecule has 0 radical (unpaired) electrons. The highest BCUT2D eigenvalue weighted by molar-refractivity contribution is 5.69. The standard InChI is InChI=1S/C48H95NO8/c1-6-11-15-29-37-52-41-45(42-53-38-30-16-12-7-2)56-47(50)33-25-21-19-23-27-35-49(10-5)36-28-24-20-22-26-34-48(51)57-46(43-54-39-31-17-13-8-3)44-55-40-32-18-14-9-4/h45-46H,6-44H2,1-5H3. The zero-order valence-corrected chi connectivity index (χ0v) is 38.4. The molecule has 0 aliphatic heterocycles. The van der Waals surface area contributed by atoms with E-state index in [9.17, 15) is 9.59 Å². The van der Waals surface area contributed by atoms with E-state index in [1.807, 2.05) is 0 Å². The first-order chi connectivity index (χ1) is 28.0. The Balaban J connectivity index is 4.12. The predicted molar refractivity (Wildman–Crippen MR) is 237 cm³/mol. The minimum absolute atomic E-state index is 0.127. The summed E-state index contributed by atoms with van der Waals surface area (Å²) >= 11 is 0. The van der Waals surface area contributed by atoms with Crippen LogP contribution in [-0.2, 0) is 38.0 Å². The second kappa shape index (κ2) is 45.8. The molecule has 0 spiro atoms. The molecule has 0 amide bonds. The molecule has 0 rings (SSSR count). The van der Waals surface area contributed by atoms with Crippen LogP contribution in [0.25, 0.3) is 0 Å². The van der Waals surface area contributed by atoms with Crippen molar-refractivity contribution < 1.29 is 38.0 Å². The van der Waals surface area contributed by atoms with E-state index in [0.717, 1.165) is 83.8 Å². The van der Waals surface area contributed by atoms with Crippen molar-refractivity contribution in [2.45, 2.75) is 227 Å². The van der Waals surface area contributed by atoms with Crippen LogP contribution in [0.4, 0.5) is 0 Å². The van der Waals surface area contributed by atoms with E-state index >= 15 is 0 Å². The Labute approximate surface area is 353 Å². The van der Waals surface area contributed by atoms with E-state index in [1.165, 1.54) is 103 Å². The first-order valence-corrected chi connectivity index (χ1v) is 24.4. The quantitative estimate of drug-likeness (QED) is 0.0440. The summed E-state index contributed by atoms with van der Waals surface area (Å²) in [6, 6.07) is 0. The molecule has 0 aliphatic rings. The lowest BCUT2D eigenvalue weighted by Crippen LogP contribution is -2.29. The normalized spacial score (nSPS) is 11.7. The third kappa shape index (κ3) is 41.3. The predicted octanol–water partition coefficient (Wildman–Crippen LogP) is 12.2. The van der Waals surface area contributed by atoms with Crippen LogP contribution >= 0.6 is 0 Å². The van der Waals surface area contributed by atoms with Crippen LogP contribution in [0.5, 0.6) is 0 Å². The molecular weight excluding hydrogens is 719 g/mol. The molecule has 0 saturated carbocycles. The third-order valence-corrected chi connectivity index (χ3v) is 10.5. The van der Waals surface area contributed by atoms with Gasteiger partial charge < -0.3 is 33.3 Å². The number of hydrogen-bond donors (Lipinski definition) is 0. The summed E-state index contributed by atoms with van der Waals surface area (Å²) in [5.41, 5.74) is 0. The van der Waals surface area contributed by atoms with Crippen LogP contribution in [0, 0.1) is 0 Å². The van der Waals surface area contributed by atoms with Crippen LogP contribution in [0.1, 0.15) is 214 Å². The summed E-state index contributed by atoms with van der Waals surface area (Å²) in [7, 11) is 0. The molecule has 9 heteroatoms. The van der Waals surface area contributed by atoms with Crippen molar-refractivity contribution in [2.75, 3.05) is 72.5 Å². The molecule has 57 heavy (non-hydrogen) atoms. The van der Waals surface area contributed by atoms with Crippen LogP contribution < -0.4 is 0 Å². The van der Waals surface area contributed by atoms with E-state index in [2.05, 4.69) is 39.5 Å². The van der Waals surface area contributed by atoms with Crippen molar-refractivity contribution in [2.24, 2.45) is 0 Å². The average molecular weight is 814 g/mol. The van der Waals surface area contributed by atoms with E-state index in [1.54, 1.807) is 0 Å². The Morgan fingerprint density at radius 2 is 0.649 bits per heavy atom. The van der Waals surface area contributed by atoms with Crippen LogP contribution in [-0.4, -0.2) is 102 Å². The van der Waals surface area contributed by atoms with Gasteiger partial charge in [-0.3, -0.25) is 9.59 Å². The second-order valence-corrected chi connectivity index (χ2v) is 16.2. The van der Waals surface area contributed by atoms with Gasteiger partial charge in [-0.2, -0.15) is 0 Å². The van der Waals surface area contributed by atoms with Gasteiger partial charge in [0.15, 0.2) is 0 Å². The van der Waals surface area contributed by atoms with Gasteiger partial charge in [-0.1, -0.05) is 150 Å². The Morgan fingerprint density at radius 3 is 0.947 bits per heavy atom. The van der Waals surface area contributed by atoms with Crippen molar-refractivity contribution in [1.82, 2.24) is 4.90 Å². The fourth-order valence-electron chi connectivity index (χ4n) is 6.80. The molecule has 0 unspecified atom stereocenters. The smallest absolute Gasteiger partial charge is 0.306 e. The van der Waals surface area contributed by atoms with Gasteiger partial charge >= 0.3 is 11.9 Å². The minimum atomic E-state index is -0.317. The number of rotatable bonds is 47. The summed E-state index contributed by atoms with van der Waals surface area (Å²) in [6.45, 7) is 19.0. The summed E-state index contributed by atoms with van der Waals surface area (Å²) in [6.07, 6.45) is 29.9. The molecule has 0 atom stereocenters. The van der Waals surface area contributed by atoms with E-state index in [0.29, 0.717) is 65.7 Å². The molecule has 0 bridgehead atoms. The summed E-state index contributed by atoms with van der Waals surface area (Å²) in [5.74, 6) is -0.254. The first kappa shape index (κ1) is 55.7. The molecule has 0 heterocycles. The number of esters is 2. The monoisotopic (exact) mass is 814 g/mol. The average Bonchev–Trinajstić information content (AvgIpc) is 3.21. The number of hydrogen-bond acceptors (Lipinski definition) is 9. The fraction of sp³-hybridized carbons (Fsp3) is 0.958. The maximum Gasteiger partial charge on any atom is 0.306 e. The molecule has 0 aliphatic carbocycles. The number of carbonyl (C=O) groups excluding carboxylic acids is 2. The van der Waals surface area contributed by atoms with E-state index in [-0.39, 0.29) is 24.1 Å². The molecule has 0 saturated heterocycles. The lowest BCUT2D eigenvalue weighted by molar-refractivity contribution is -0.157. The zero-order valence-electron chi connectivity index (χ0n) is 38.4. The largest absolute Gasteiger partial charge is 0.457 e. The van der Waals surface area contributed by atoms with Gasteiger partial charge in [0, 0.05) is 39.3 Å². The zero-order chi connectivity index (χ0) is 41.7. The maximum atomic E-state index is 12.6. The Hall–Kier alpha value is -1.26. The highest BCUT2D eigenvalue weighted by atomic mass is 16.6. The van der Waals surface area contributed by atoms with Crippen molar-refractivity contribution in [3.63, 3.8) is 0 Å². The fourth-order valence-corrected chi connectivity index (χ4v) is 6.80.